The topological polar surface area (TPSA) is 104 Å². The van der Waals surface area contributed by atoms with E-state index >= 15 is 0 Å². The Hall–Kier alpha value is -3.06. The molecular formula is C35H51NO5S. The Bertz CT molecular complexity index is 1100. The Morgan fingerprint density at radius 2 is 1.48 bits per heavy atom. The predicted molar refractivity (Wildman–Crippen MR) is 177 cm³/mol. The molecule has 0 heterocycles. The van der Waals surface area contributed by atoms with E-state index in [1.807, 2.05) is 27.7 Å². The molecule has 0 radical (unpaired) electrons. The number of carboxylic acid groups (broad SMARTS) is 1. The van der Waals surface area contributed by atoms with Gasteiger partial charge in [-0.15, -0.1) is 11.8 Å². The highest BCUT2D eigenvalue weighted by molar-refractivity contribution is 8.01. The molecule has 3 N–H and O–H groups in total. The summed E-state index contributed by atoms with van der Waals surface area (Å²) in [6.45, 7) is 10.2. The molecule has 0 saturated carbocycles. The number of phenols is 1. The number of hydrogen-bond acceptors (Lipinski definition) is 5. The molecule has 1 aromatic carbocycles. The minimum atomic E-state index is -1.28. The Morgan fingerprint density at radius 3 is 2.00 bits per heavy atom. The fraction of sp³-hybridized carbons (Fsp3) is 0.514. The zero-order valence-corrected chi connectivity index (χ0v) is 26.9. The van der Waals surface area contributed by atoms with Crippen molar-refractivity contribution in [3.63, 3.8) is 0 Å². The molecule has 6 nitrogen and oxygen atoms in total. The summed E-state index contributed by atoms with van der Waals surface area (Å²) in [5.41, 5.74) is -0.00844. The van der Waals surface area contributed by atoms with Crippen molar-refractivity contribution in [1.29, 1.82) is 0 Å². The van der Waals surface area contributed by atoms with Gasteiger partial charge in [0.1, 0.15) is 17.1 Å². The van der Waals surface area contributed by atoms with Gasteiger partial charge in [0.25, 0.3) is 0 Å². The number of aromatic hydroxyl groups is 1. The van der Waals surface area contributed by atoms with Gasteiger partial charge in [0.05, 0.1) is 4.75 Å². The van der Waals surface area contributed by atoms with Crippen molar-refractivity contribution in [1.82, 2.24) is 0 Å². The third kappa shape index (κ3) is 13.7. The van der Waals surface area contributed by atoms with Crippen LogP contribution in [0.3, 0.4) is 0 Å². The molecule has 0 fully saturated rings. The first kappa shape index (κ1) is 37.0. The summed E-state index contributed by atoms with van der Waals surface area (Å²) in [6.07, 6.45) is 24.2. The van der Waals surface area contributed by atoms with Crippen LogP contribution in [-0.2, 0) is 9.59 Å². The average molecular weight is 598 g/mol. The summed E-state index contributed by atoms with van der Waals surface area (Å²) in [5.74, 6) is -1.39. The van der Waals surface area contributed by atoms with Crippen LogP contribution >= 0.6 is 11.8 Å². The molecule has 42 heavy (non-hydrogen) atoms. The molecule has 7 heteroatoms. The van der Waals surface area contributed by atoms with E-state index in [9.17, 15) is 24.6 Å². The van der Waals surface area contributed by atoms with Gasteiger partial charge < -0.3 is 15.5 Å². The van der Waals surface area contributed by atoms with Crippen LogP contribution in [0.2, 0.25) is 0 Å². The quantitative estimate of drug-likeness (QED) is 0.0742. The number of carbonyl (C=O) groups excluding carboxylic acids is 2. The number of carboxylic acids is 1. The van der Waals surface area contributed by atoms with Gasteiger partial charge in [0.2, 0.25) is 5.91 Å². The Balaban J connectivity index is 2.71. The molecule has 0 aliphatic rings. The standard InChI is InChI=1S/C35H51NO5S/c1-6-9-10-11-12-13-14-15-16-17-18-19-20-23-42-35(7-2,8-3)32(38)25-28(24-27(4)5)33(39)36-29-21-22-31(37)30(26-29)34(40)41/h9-10,12-13,15-16,18-19,21-22,26-28,37H,6-8,11,14,17,20,23-25H2,1-5H3,(H,36,39)(H,40,41)/b10-9-,13-12-,16-15-,19-18-. The van der Waals surface area contributed by atoms with E-state index in [4.69, 9.17) is 0 Å². The van der Waals surface area contributed by atoms with E-state index in [1.54, 1.807) is 11.8 Å². The molecule has 1 amide bonds. The fourth-order valence-corrected chi connectivity index (χ4v) is 5.94. The van der Waals surface area contributed by atoms with Crippen molar-refractivity contribution >= 4 is 35.1 Å². The molecule has 232 valence electrons. The van der Waals surface area contributed by atoms with Gasteiger partial charge in [-0.3, -0.25) is 9.59 Å². The second-order valence-corrected chi connectivity index (χ2v) is 12.3. The number of nitrogens with one attached hydrogen (secondary N) is 1. The maximum atomic E-state index is 13.7. The molecule has 1 unspecified atom stereocenters. The molecule has 0 bridgehead atoms. The van der Waals surface area contributed by atoms with Crippen LogP contribution in [0.25, 0.3) is 0 Å². The van der Waals surface area contributed by atoms with Gasteiger partial charge in [-0.1, -0.05) is 83.2 Å². The zero-order valence-electron chi connectivity index (χ0n) is 26.1. The molecule has 1 aromatic rings. The van der Waals surface area contributed by atoms with Crippen LogP contribution in [0.5, 0.6) is 5.75 Å². The number of aromatic carboxylic acids is 1. The first-order chi connectivity index (χ1) is 20.1. The monoisotopic (exact) mass is 597 g/mol. The molecule has 0 saturated heterocycles. The van der Waals surface area contributed by atoms with E-state index in [2.05, 4.69) is 60.8 Å². The zero-order chi connectivity index (χ0) is 31.4. The lowest BCUT2D eigenvalue weighted by atomic mass is 9.85. The van der Waals surface area contributed by atoms with E-state index in [-0.39, 0.29) is 41.0 Å². The third-order valence-corrected chi connectivity index (χ3v) is 8.88. The van der Waals surface area contributed by atoms with Gasteiger partial charge in [0, 0.05) is 18.0 Å². The first-order valence-corrected chi connectivity index (χ1v) is 16.2. The lowest BCUT2D eigenvalue weighted by molar-refractivity contribution is -0.128. The molecule has 0 aliphatic carbocycles. The highest BCUT2D eigenvalue weighted by Gasteiger charge is 2.37. The summed E-state index contributed by atoms with van der Waals surface area (Å²) in [7, 11) is 0. The largest absolute Gasteiger partial charge is 0.507 e. The Kier molecular flexibility index (Phi) is 18.3. The number of allylic oxidation sites excluding steroid dienone is 8. The Labute approximate surface area is 257 Å². The minimum absolute atomic E-state index is 0.0837. The van der Waals surface area contributed by atoms with Crippen molar-refractivity contribution < 1.29 is 24.6 Å². The summed E-state index contributed by atoms with van der Waals surface area (Å²) < 4.78 is -0.545. The minimum Gasteiger partial charge on any atom is -0.507 e. The van der Waals surface area contributed by atoms with Crippen molar-refractivity contribution in [2.24, 2.45) is 11.8 Å². The lowest BCUT2D eigenvalue weighted by Gasteiger charge is -2.31. The number of amides is 1. The van der Waals surface area contributed by atoms with Crippen LogP contribution in [-0.4, -0.2) is 38.4 Å². The first-order valence-electron chi connectivity index (χ1n) is 15.2. The van der Waals surface area contributed by atoms with E-state index in [0.717, 1.165) is 37.9 Å². The number of anilines is 1. The summed E-state index contributed by atoms with van der Waals surface area (Å²) >= 11 is 1.69. The van der Waals surface area contributed by atoms with Crippen LogP contribution in [0.1, 0.15) is 103 Å². The predicted octanol–water partition coefficient (Wildman–Crippen LogP) is 9.14. The third-order valence-electron chi connectivity index (χ3n) is 7.09. The number of benzene rings is 1. The van der Waals surface area contributed by atoms with Crippen LogP contribution < -0.4 is 5.32 Å². The van der Waals surface area contributed by atoms with Crippen molar-refractivity contribution in [2.75, 3.05) is 11.1 Å². The highest BCUT2D eigenvalue weighted by atomic mass is 32.2. The number of hydrogen-bond donors (Lipinski definition) is 3. The number of carbonyl (C=O) groups is 3. The molecule has 1 rings (SSSR count). The number of rotatable bonds is 21. The Morgan fingerprint density at radius 1 is 0.905 bits per heavy atom. The second-order valence-electron chi connectivity index (χ2n) is 10.8. The summed E-state index contributed by atoms with van der Waals surface area (Å²) in [4.78, 5) is 38.3. The van der Waals surface area contributed by atoms with E-state index in [0.29, 0.717) is 19.3 Å². The lowest BCUT2D eigenvalue weighted by Crippen LogP contribution is -2.38. The van der Waals surface area contributed by atoms with Gasteiger partial charge in [0.15, 0.2) is 0 Å². The van der Waals surface area contributed by atoms with Gasteiger partial charge >= 0.3 is 5.97 Å². The maximum absolute atomic E-state index is 13.7. The molecule has 1 atom stereocenters. The van der Waals surface area contributed by atoms with E-state index < -0.39 is 16.6 Å². The van der Waals surface area contributed by atoms with Gasteiger partial charge in [-0.05, 0) is 81.2 Å². The maximum Gasteiger partial charge on any atom is 0.339 e. The van der Waals surface area contributed by atoms with E-state index in [1.165, 1.54) is 18.2 Å². The fourth-order valence-electron chi connectivity index (χ4n) is 4.64. The highest BCUT2D eigenvalue weighted by Crippen LogP contribution is 2.37. The average Bonchev–Trinajstić information content (AvgIpc) is 2.95. The van der Waals surface area contributed by atoms with Crippen molar-refractivity contribution in [3.05, 3.63) is 72.4 Å². The van der Waals surface area contributed by atoms with Crippen LogP contribution in [0, 0.1) is 11.8 Å². The SMILES string of the molecule is CC/C=C\C/C=C\C/C=C\C/C=C\CCSC(CC)(CC)C(=O)CC(CC(C)C)C(=O)Nc1ccc(O)c(C(=O)O)c1. The number of Topliss-reactive ketones (excluding diaryl/α,β-unsaturated/α-hetero) is 1. The van der Waals surface area contributed by atoms with Gasteiger partial charge in [-0.2, -0.15) is 0 Å². The molecule has 0 aliphatic heterocycles. The molecule has 0 spiro atoms. The van der Waals surface area contributed by atoms with Crippen molar-refractivity contribution in [3.8, 4) is 5.75 Å². The van der Waals surface area contributed by atoms with Crippen LogP contribution in [0.15, 0.2) is 66.8 Å². The van der Waals surface area contributed by atoms with Crippen LogP contribution in [0.4, 0.5) is 5.69 Å². The second kappa shape index (κ2) is 20.8. The summed E-state index contributed by atoms with van der Waals surface area (Å²) in [5, 5.41) is 21.8. The van der Waals surface area contributed by atoms with Gasteiger partial charge in [-0.25, -0.2) is 4.79 Å². The molecular weight excluding hydrogens is 546 g/mol. The number of thioether (sulfide) groups is 1. The molecule has 0 aromatic heterocycles. The number of ketones is 1. The normalized spacial score (nSPS) is 13.2. The smallest absolute Gasteiger partial charge is 0.339 e. The van der Waals surface area contributed by atoms with Crippen molar-refractivity contribution in [2.45, 2.75) is 97.2 Å². The summed E-state index contributed by atoms with van der Waals surface area (Å²) in [6, 6.07) is 3.93.